The quantitative estimate of drug-likeness (QED) is 0.460. The van der Waals surface area contributed by atoms with Gasteiger partial charge in [-0.2, -0.15) is 0 Å². The molecule has 0 aliphatic carbocycles. The smallest absolute Gasteiger partial charge is 0.266 e. The highest BCUT2D eigenvalue weighted by atomic mass is 35.5. The molecule has 0 spiro atoms. The zero-order valence-electron chi connectivity index (χ0n) is 15.3. The van der Waals surface area contributed by atoms with Gasteiger partial charge in [-0.1, -0.05) is 53.5 Å². The largest absolute Gasteiger partial charge is 0.320 e. The van der Waals surface area contributed by atoms with Crippen LogP contribution in [0.2, 0.25) is 10.0 Å². The second-order valence-electron chi connectivity index (χ2n) is 6.48. The number of hydrogen-bond acceptors (Lipinski definition) is 4. The van der Waals surface area contributed by atoms with Crippen LogP contribution in [0, 0.1) is 6.92 Å². The number of thiophene rings is 1. The molecule has 0 aliphatic rings. The predicted molar refractivity (Wildman–Crippen MR) is 119 cm³/mol. The van der Waals surface area contributed by atoms with Crippen LogP contribution in [0.3, 0.4) is 0 Å². The summed E-state index contributed by atoms with van der Waals surface area (Å²) in [7, 11) is 0. The third kappa shape index (κ3) is 3.92. The standard InChI is InChI=1S/C21H15Cl2N3O2S/c1-12-17-20(24-11-26(21(17)28)10-13-5-3-2-4-6-13)29-18(12)19(27)25-16-8-7-14(22)9-15(16)23/h2-9,11H,10H2,1H3,(H,25,27). The average molecular weight is 444 g/mol. The second-order valence-corrected chi connectivity index (χ2v) is 8.32. The molecule has 0 unspecified atom stereocenters. The van der Waals surface area contributed by atoms with Crippen molar-refractivity contribution in [2.45, 2.75) is 13.5 Å². The van der Waals surface area contributed by atoms with Gasteiger partial charge in [0.15, 0.2) is 0 Å². The molecular formula is C21H15Cl2N3O2S. The van der Waals surface area contributed by atoms with Gasteiger partial charge in [-0.15, -0.1) is 11.3 Å². The average Bonchev–Trinajstić information content (AvgIpc) is 3.04. The number of nitrogens with one attached hydrogen (secondary N) is 1. The summed E-state index contributed by atoms with van der Waals surface area (Å²) >= 11 is 13.2. The number of halogens is 2. The highest BCUT2D eigenvalue weighted by molar-refractivity contribution is 7.20. The fourth-order valence-corrected chi connectivity index (χ4v) is 4.53. The number of rotatable bonds is 4. The molecule has 2 heterocycles. The Morgan fingerprint density at radius 2 is 1.93 bits per heavy atom. The number of carbonyl (C=O) groups is 1. The van der Waals surface area contributed by atoms with Gasteiger partial charge in [0.2, 0.25) is 0 Å². The van der Waals surface area contributed by atoms with Gasteiger partial charge in [0.1, 0.15) is 4.83 Å². The molecule has 2 aromatic carbocycles. The minimum absolute atomic E-state index is 0.170. The molecule has 4 rings (SSSR count). The molecular weight excluding hydrogens is 429 g/mol. The maximum Gasteiger partial charge on any atom is 0.266 e. The van der Waals surface area contributed by atoms with Crippen molar-refractivity contribution < 1.29 is 4.79 Å². The van der Waals surface area contributed by atoms with Crippen molar-refractivity contribution in [3.05, 3.63) is 91.3 Å². The van der Waals surface area contributed by atoms with E-state index in [1.165, 1.54) is 17.7 Å². The monoisotopic (exact) mass is 443 g/mol. The van der Waals surface area contributed by atoms with Crippen molar-refractivity contribution in [3.8, 4) is 0 Å². The first-order chi connectivity index (χ1) is 13.9. The molecule has 5 nitrogen and oxygen atoms in total. The van der Waals surface area contributed by atoms with Gasteiger partial charge in [-0.25, -0.2) is 4.98 Å². The topological polar surface area (TPSA) is 64.0 Å². The first-order valence-corrected chi connectivity index (χ1v) is 10.3. The van der Waals surface area contributed by atoms with E-state index in [0.717, 1.165) is 5.56 Å². The van der Waals surface area contributed by atoms with Gasteiger partial charge in [0.05, 0.1) is 33.8 Å². The third-order valence-corrected chi connectivity index (χ3v) is 6.24. The number of fused-ring (bicyclic) bond motifs is 1. The van der Waals surface area contributed by atoms with Crippen molar-refractivity contribution in [2.75, 3.05) is 5.32 Å². The molecule has 1 amide bonds. The van der Waals surface area contributed by atoms with E-state index in [2.05, 4.69) is 10.3 Å². The van der Waals surface area contributed by atoms with Crippen LogP contribution in [0.5, 0.6) is 0 Å². The summed E-state index contributed by atoms with van der Waals surface area (Å²) in [6.07, 6.45) is 1.52. The van der Waals surface area contributed by atoms with Gasteiger partial charge < -0.3 is 5.32 Å². The Hall–Kier alpha value is -2.67. The van der Waals surface area contributed by atoms with Gasteiger partial charge in [-0.3, -0.25) is 14.2 Å². The molecule has 1 N–H and O–H groups in total. The SMILES string of the molecule is Cc1c(C(=O)Nc2ccc(Cl)cc2Cl)sc2ncn(Cc3ccccc3)c(=O)c12. The van der Waals surface area contributed by atoms with E-state index in [1.807, 2.05) is 30.3 Å². The van der Waals surface area contributed by atoms with E-state index < -0.39 is 0 Å². The molecule has 29 heavy (non-hydrogen) atoms. The minimum Gasteiger partial charge on any atom is -0.320 e. The molecule has 146 valence electrons. The Balaban J connectivity index is 1.69. The maximum absolute atomic E-state index is 13.0. The third-order valence-electron chi connectivity index (χ3n) is 4.50. The first kappa shape index (κ1) is 19.6. The molecule has 0 radical (unpaired) electrons. The van der Waals surface area contributed by atoms with Crippen molar-refractivity contribution >= 4 is 56.3 Å². The molecule has 0 fully saturated rings. The molecule has 0 bridgehead atoms. The molecule has 0 aliphatic heterocycles. The minimum atomic E-state index is -0.344. The number of benzene rings is 2. The zero-order valence-corrected chi connectivity index (χ0v) is 17.6. The number of aryl methyl sites for hydroxylation is 1. The highest BCUT2D eigenvalue weighted by Gasteiger charge is 2.20. The van der Waals surface area contributed by atoms with Crippen LogP contribution >= 0.6 is 34.5 Å². The summed E-state index contributed by atoms with van der Waals surface area (Å²) in [5.41, 5.74) is 1.88. The van der Waals surface area contributed by atoms with Crippen LogP contribution < -0.4 is 10.9 Å². The van der Waals surface area contributed by atoms with E-state index in [1.54, 1.807) is 29.7 Å². The Morgan fingerprint density at radius 1 is 1.17 bits per heavy atom. The lowest BCUT2D eigenvalue weighted by atomic mass is 10.2. The summed E-state index contributed by atoms with van der Waals surface area (Å²) in [6.45, 7) is 2.17. The lowest BCUT2D eigenvalue weighted by Crippen LogP contribution is -2.21. The number of nitrogens with zero attached hydrogens (tertiary/aromatic N) is 2. The molecule has 8 heteroatoms. The van der Waals surface area contributed by atoms with Crippen molar-refractivity contribution in [3.63, 3.8) is 0 Å². The van der Waals surface area contributed by atoms with E-state index in [9.17, 15) is 9.59 Å². The van der Waals surface area contributed by atoms with Crippen LogP contribution in [0.25, 0.3) is 10.2 Å². The lowest BCUT2D eigenvalue weighted by molar-refractivity contribution is 0.103. The number of aromatic nitrogens is 2. The molecule has 2 aromatic heterocycles. The summed E-state index contributed by atoms with van der Waals surface area (Å²) in [4.78, 5) is 31.2. The van der Waals surface area contributed by atoms with Gasteiger partial charge >= 0.3 is 0 Å². The van der Waals surface area contributed by atoms with Crippen LogP contribution in [0.15, 0.2) is 59.7 Å². The lowest BCUT2D eigenvalue weighted by Gasteiger charge is -2.07. The Bertz CT molecular complexity index is 1280. The van der Waals surface area contributed by atoms with E-state index >= 15 is 0 Å². The highest BCUT2D eigenvalue weighted by Crippen LogP contribution is 2.30. The number of anilines is 1. The van der Waals surface area contributed by atoms with E-state index in [4.69, 9.17) is 23.2 Å². The predicted octanol–water partition coefficient (Wildman–Crippen LogP) is 5.37. The molecule has 4 aromatic rings. The molecule has 0 atom stereocenters. The zero-order chi connectivity index (χ0) is 20.5. The normalized spacial score (nSPS) is 11.0. The number of hydrogen-bond donors (Lipinski definition) is 1. The summed E-state index contributed by atoms with van der Waals surface area (Å²) in [5.74, 6) is -0.344. The Kier molecular flexibility index (Phi) is 5.41. The van der Waals surface area contributed by atoms with Crippen molar-refractivity contribution in [1.29, 1.82) is 0 Å². The number of amides is 1. The van der Waals surface area contributed by atoms with E-state index in [-0.39, 0.29) is 11.5 Å². The fourth-order valence-electron chi connectivity index (χ4n) is 3.04. The van der Waals surface area contributed by atoms with Crippen molar-refractivity contribution in [1.82, 2.24) is 9.55 Å². The first-order valence-electron chi connectivity index (χ1n) is 8.73. The fraction of sp³-hybridized carbons (Fsp3) is 0.0952. The second kappa shape index (κ2) is 7.99. The van der Waals surface area contributed by atoms with Gasteiger partial charge in [0, 0.05) is 5.02 Å². The molecule has 0 saturated carbocycles. The molecule has 0 saturated heterocycles. The van der Waals surface area contributed by atoms with Crippen LogP contribution in [-0.4, -0.2) is 15.5 Å². The number of carbonyl (C=O) groups excluding carboxylic acids is 1. The van der Waals surface area contributed by atoms with Crippen molar-refractivity contribution in [2.24, 2.45) is 0 Å². The van der Waals surface area contributed by atoms with E-state index in [0.29, 0.717) is 42.9 Å². The van der Waals surface area contributed by atoms with Crippen LogP contribution in [0.4, 0.5) is 5.69 Å². The van der Waals surface area contributed by atoms with Gasteiger partial charge in [-0.05, 0) is 36.2 Å². The summed E-state index contributed by atoms with van der Waals surface area (Å²) in [6, 6.07) is 14.5. The summed E-state index contributed by atoms with van der Waals surface area (Å²) < 4.78 is 1.55. The van der Waals surface area contributed by atoms with Gasteiger partial charge in [0.25, 0.3) is 11.5 Å². The van der Waals surface area contributed by atoms with Crippen LogP contribution in [0.1, 0.15) is 20.8 Å². The Labute approximate surface area is 180 Å². The maximum atomic E-state index is 13.0. The van der Waals surface area contributed by atoms with Crippen LogP contribution in [-0.2, 0) is 6.54 Å². The summed E-state index contributed by atoms with van der Waals surface area (Å²) in [5, 5.41) is 4.05. The Morgan fingerprint density at radius 3 is 2.66 bits per heavy atom.